The van der Waals surface area contributed by atoms with Crippen molar-refractivity contribution in [2.24, 2.45) is 7.05 Å². The van der Waals surface area contributed by atoms with Crippen LogP contribution in [0.15, 0.2) is 6.33 Å². The van der Waals surface area contributed by atoms with Crippen molar-refractivity contribution in [3.63, 3.8) is 0 Å². The van der Waals surface area contributed by atoms with E-state index in [4.69, 9.17) is 0 Å². The summed E-state index contributed by atoms with van der Waals surface area (Å²) in [6, 6.07) is 0.613. The number of unbranched alkanes of at least 4 members (excludes halogenated alkanes) is 1. The van der Waals surface area contributed by atoms with Crippen LogP contribution in [-0.4, -0.2) is 20.8 Å². The lowest BCUT2D eigenvalue weighted by Crippen LogP contribution is -2.28. The molecule has 0 bridgehead atoms. The molecule has 0 aliphatic heterocycles. The SMILES string of the molecule is CCCCC(CC)NCc1nncn1C. The Hall–Kier alpha value is -0.900. The average molecular weight is 210 g/mol. The predicted molar refractivity (Wildman–Crippen MR) is 61.4 cm³/mol. The monoisotopic (exact) mass is 210 g/mol. The fourth-order valence-corrected chi connectivity index (χ4v) is 1.60. The molecule has 0 aromatic carbocycles. The van der Waals surface area contributed by atoms with Gasteiger partial charge in [-0.25, -0.2) is 0 Å². The first-order chi connectivity index (χ1) is 7.27. The summed E-state index contributed by atoms with van der Waals surface area (Å²) in [6.07, 6.45) is 6.74. The smallest absolute Gasteiger partial charge is 0.146 e. The molecule has 1 aromatic rings. The molecule has 4 nitrogen and oxygen atoms in total. The third kappa shape index (κ3) is 4.00. The number of aryl methyl sites for hydroxylation is 1. The number of hydrogen-bond donors (Lipinski definition) is 1. The van der Waals surface area contributed by atoms with Gasteiger partial charge in [0, 0.05) is 13.1 Å². The Balaban J connectivity index is 2.31. The lowest BCUT2D eigenvalue weighted by atomic mass is 10.1. The number of rotatable bonds is 7. The summed E-state index contributed by atoms with van der Waals surface area (Å²) in [7, 11) is 1.98. The molecule has 0 saturated carbocycles. The number of nitrogens with zero attached hydrogens (tertiary/aromatic N) is 3. The van der Waals surface area contributed by atoms with Crippen LogP contribution in [0.5, 0.6) is 0 Å². The van der Waals surface area contributed by atoms with Crippen molar-refractivity contribution in [1.29, 1.82) is 0 Å². The summed E-state index contributed by atoms with van der Waals surface area (Å²) in [4.78, 5) is 0. The van der Waals surface area contributed by atoms with Crippen molar-refractivity contribution in [2.75, 3.05) is 0 Å². The number of aromatic nitrogens is 3. The molecule has 4 heteroatoms. The van der Waals surface area contributed by atoms with Gasteiger partial charge in [-0.2, -0.15) is 0 Å². The van der Waals surface area contributed by atoms with Crippen LogP contribution in [0.1, 0.15) is 45.4 Å². The van der Waals surface area contributed by atoms with Gasteiger partial charge in [0.25, 0.3) is 0 Å². The van der Waals surface area contributed by atoms with Crippen LogP contribution in [0, 0.1) is 0 Å². The summed E-state index contributed by atoms with van der Waals surface area (Å²) < 4.78 is 1.96. The van der Waals surface area contributed by atoms with Crippen LogP contribution in [0.3, 0.4) is 0 Å². The highest BCUT2D eigenvalue weighted by molar-refractivity contribution is 4.84. The second-order valence-electron chi connectivity index (χ2n) is 3.99. The number of hydrogen-bond acceptors (Lipinski definition) is 3. The Labute approximate surface area is 92.1 Å². The van der Waals surface area contributed by atoms with E-state index in [1.165, 1.54) is 25.7 Å². The highest BCUT2D eigenvalue weighted by atomic mass is 15.3. The largest absolute Gasteiger partial charge is 0.320 e. The van der Waals surface area contributed by atoms with Crippen LogP contribution >= 0.6 is 0 Å². The van der Waals surface area contributed by atoms with E-state index in [9.17, 15) is 0 Å². The Morgan fingerprint density at radius 1 is 1.47 bits per heavy atom. The molecule has 86 valence electrons. The Bertz CT molecular complexity index is 269. The fourth-order valence-electron chi connectivity index (χ4n) is 1.60. The minimum absolute atomic E-state index is 0.613. The lowest BCUT2D eigenvalue weighted by molar-refractivity contribution is 0.442. The molecular weight excluding hydrogens is 188 g/mol. The minimum Gasteiger partial charge on any atom is -0.320 e. The van der Waals surface area contributed by atoms with E-state index in [0.29, 0.717) is 6.04 Å². The summed E-state index contributed by atoms with van der Waals surface area (Å²) in [5.41, 5.74) is 0. The topological polar surface area (TPSA) is 42.7 Å². The minimum atomic E-state index is 0.613. The zero-order valence-corrected chi connectivity index (χ0v) is 10.0. The first kappa shape index (κ1) is 12.2. The van der Waals surface area contributed by atoms with E-state index in [0.717, 1.165) is 12.4 Å². The Morgan fingerprint density at radius 2 is 2.27 bits per heavy atom. The van der Waals surface area contributed by atoms with Crippen LogP contribution < -0.4 is 5.32 Å². The van der Waals surface area contributed by atoms with Crippen molar-refractivity contribution in [3.05, 3.63) is 12.2 Å². The Morgan fingerprint density at radius 3 is 2.80 bits per heavy atom. The molecule has 0 aliphatic carbocycles. The number of nitrogens with one attached hydrogen (secondary N) is 1. The van der Waals surface area contributed by atoms with E-state index in [-0.39, 0.29) is 0 Å². The molecule has 0 saturated heterocycles. The maximum atomic E-state index is 4.05. The molecule has 1 unspecified atom stereocenters. The maximum absolute atomic E-state index is 4.05. The highest BCUT2D eigenvalue weighted by Gasteiger charge is 2.06. The van der Waals surface area contributed by atoms with Gasteiger partial charge >= 0.3 is 0 Å². The zero-order chi connectivity index (χ0) is 11.1. The molecule has 1 aromatic heterocycles. The van der Waals surface area contributed by atoms with E-state index >= 15 is 0 Å². The van der Waals surface area contributed by atoms with Gasteiger partial charge in [0.1, 0.15) is 12.2 Å². The zero-order valence-electron chi connectivity index (χ0n) is 10.0. The van der Waals surface area contributed by atoms with Crippen molar-refractivity contribution >= 4 is 0 Å². The van der Waals surface area contributed by atoms with E-state index in [1.54, 1.807) is 6.33 Å². The normalized spacial score (nSPS) is 13.0. The van der Waals surface area contributed by atoms with E-state index in [1.807, 2.05) is 11.6 Å². The quantitative estimate of drug-likeness (QED) is 0.747. The third-order valence-corrected chi connectivity index (χ3v) is 2.75. The van der Waals surface area contributed by atoms with Crippen molar-refractivity contribution in [1.82, 2.24) is 20.1 Å². The molecule has 15 heavy (non-hydrogen) atoms. The van der Waals surface area contributed by atoms with Gasteiger partial charge in [-0.3, -0.25) is 0 Å². The molecule has 1 rings (SSSR count). The summed E-state index contributed by atoms with van der Waals surface area (Å²) >= 11 is 0. The Kier molecular flexibility index (Phi) is 5.32. The highest BCUT2D eigenvalue weighted by Crippen LogP contribution is 2.04. The first-order valence-electron chi connectivity index (χ1n) is 5.84. The van der Waals surface area contributed by atoms with Gasteiger partial charge in [-0.05, 0) is 12.8 Å². The van der Waals surface area contributed by atoms with Crippen LogP contribution in [0.2, 0.25) is 0 Å². The van der Waals surface area contributed by atoms with Crippen LogP contribution in [0.4, 0.5) is 0 Å². The second-order valence-corrected chi connectivity index (χ2v) is 3.99. The lowest BCUT2D eigenvalue weighted by Gasteiger charge is -2.15. The van der Waals surface area contributed by atoms with Gasteiger partial charge in [0.15, 0.2) is 0 Å². The maximum Gasteiger partial charge on any atom is 0.146 e. The van der Waals surface area contributed by atoms with Gasteiger partial charge in [0.2, 0.25) is 0 Å². The van der Waals surface area contributed by atoms with Crippen molar-refractivity contribution in [3.8, 4) is 0 Å². The third-order valence-electron chi connectivity index (χ3n) is 2.75. The molecule has 1 heterocycles. The van der Waals surface area contributed by atoms with Crippen LogP contribution in [0.25, 0.3) is 0 Å². The van der Waals surface area contributed by atoms with Crippen LogP contribution in [-0.2, 0) is 13.6 Å². The van der Waals surface area contributed by atoms with Gasteiger partial charge in [0.05, 0.1) is 6.54 Å². The van der Waals surface area contributed by atoms with E-state index in [2.05, 4.69) is 29.4 Å². The molecule has 1 atom stereocenters. The molecule has 1 N–H and O–H groups in total. The second kappa shape index (κ2) is 6.56. The molecule has 0 radical (unpaired) electrons. The first-order valence-corrected chi connectivity index (χ1v) is 5.84. The van der Waals surface area contributed by atoms with Crippen molar-refractivity contribution in [2.45, 2.75) is 52.1 Å². The summed E-state index contributed by atoms with van der Waals surface area (Å²) in [5, 5.41) is 11.4. The van der Waals surface area contributed by atoms with Gasteiger partial charge in [-0.1, -0.05) is 26.7 Å². The van der Waals surface area contributed by atoms with Gasteiger partial charge < -0.3 is 9.88 Å². The average Bonchev–Trinajstić information content (AvgIpc) is 2.65. The molecule has 0 fully saturated rings. The summed E-state index contributed by atoms with van der Waals surface area (Å²) in [6.45, 7) is 5.28. The van der Waals surface area contributed by atoms with Gasteiger partial charge in [-0.15, -0.1) is 10.2 Å². The van der Waals surface area contributed by atoms with Crippen molar-refractivity contribution < 1.29 is 0 Å². The fraction of sp³-hybridized carbons (Fsp3) is 0.818. The summed E-state index contributed by atoms with van der Waals surface area (Å²) in [5.74, 6) is 1.00. The van der Waals surface area contributed by atoms with E-state index < -0.39 is 0 Å². The predicted octanol–water partition coefficient (Wildman–Crippen LogP) is 1.87. The molecule has 0 spiro atoms. The standard InChI is InChI=1S/C11H22N4/c1-4-6-7-10(5-2)12-8-11-14-13-9-15(11)3/h9-10,12H,4-8H2,1-3H3. The molecule has 0 amide bonds. The molecule has 0 aliphatic rings. The molecular formula is C11H22N4.